The molecule has 0 unspecified atom stereocenters. The summed E-state index contributed by atoms with van der Waals surface area (Å²) in [4.78, 5) is 0. The third-order valence-electron chi connectivity index (χ3n) is 3.18. The van der Waals surface area contributed by atoms with E-state index in [1.165, 1.54) is 42.3 Å². The number of hydrogen-bond acceptors (Lipinski definition) is 1. The molecule has 2 rings (SSSR count). The SMILES string of the molecule is Brc1ccccc1NCC1CCCCC1. The van der Waals surface area contributed by atoms with E-state index in [1.807, 2.05) is 0 Å². The molecule has 0 aromatic heterocycles. The van der Waals surface area contributed by atoms with E-state index in [-0.39, 0.29) is 0 Å². The Bertz CT molecular complexity index is 305. The van der Waals surface area contributed by atoms with Gasteiger partial charge in [0.1, 0.15) is 0 Å². The molecule has 0 heterocycles. The van der Waals surface area contributed by atoms with Crippen LogP contribution in [0.25, 0.3) is 0 Å². The van der Waals surface area contributed by atoms with Gasteiger partial charge < -0.3 is 5.32 Å². The smallest absolute Gasteiger partial charge is 0.0484 e. The van der Waals surface area contributed by atoms with Crippen molar-refractivity contribution in [1.29, 1.82) is 0 Å². The summed E-state index contributed by atoms with van der Waals surface area (Å²) in [6.07, 6.45) is 7.07. The summed E-state index contributed by atoms with van der Waals surface area (Å²) in [6.45, 7) is 1.13. The molecule has 1 aliphatic carbocycles. The first-order chi connectivity index (χ1) is 7.36. The number of anilines is 1. The second-order valence-corrected chi connectivity index (χ2v) is 5.22. The molecule has 1 aliphatic rings. The van der Waals surface area contributed by atoms with Gasteiger partial charge in [-0.25, -0.2) is 0 Å². The van der Waals surface area contributed by atoms with Crippen LogP contribution in [0, 0.1) is 5.92 Å². The zero-order valence-corrected chi connectivity index (χ0v) is 10.6. The van der Waals surface area contributed by atoms with Crippen LogP contribution in [0.5, 0.6) is 0 Å². The van der Waals surface area contributed by atoms with Crippen LogP contribution in [0.1, 0.15) is 32.1 Å². The molecule has 1 nitrogen and oxygen atoms in total. The highest BCUT2D eigenvalue weighted by atomic mass is 79.9. The minimum atomic E-state index is 0.880. The van der Waals surface area contributed by atoms with Crippen molar-refractivity contribution < 1.29 is 0 Å². The molecule has 0 atom stereocenters. The average Bonchev–Trinajstić information content (AvgIpc) is 2.29. The molecule has 0 bridgehead atoms. The van der Waals surface area contributed by atoms with Gasteiger partial charge in [-0.3, -0.25) is 0 Å². The summed E-state index contributed by atoms with van der Waals surface area (Å²) in [5.41, 5.74) is 1.23. The number of halogens is 1. The van der Waals surface area contributed by atoms with Gasteiger partial charge in [-0.05, 0) is 46.8 Å². The lowest BCUT2D eigenvalue weighted by atomic mass is 9.89. The van der Waals surface area contributed by atoms with Crippen LogP contribution < -0.4 is 5.32 Å². The Morgan fingerprint density at radius 3 is 2.60 bits per heavy atom. The first-order valence-electron chi connectivity index (χ1n) is 5.84. The van der Waals surface area contributed by atoms with Gasteiger partial charge in [0.2, 0.25) is 0 Å². The van der Waals surface area contributed by atoms with E-state index in [2.05, 4.69) is 45.5 Å². The number of benzene rings is 1. The Morgan fingerprint density at radius 2 is 1.87 bits per heavy atom. The molecule has 0 spiro atoms. The van der Waals surface area contributed by atoms with Crippen LogP contribution in [0.4, 0.5) is 5.69 Å². The number of para-hydroxylation sites is 1. The van der Waals surface area contributed by atoms with Gasteiger partial charge >= 0.3 is 0 Å². The van der Waals surface area contributed by atoms with Crippen LogP contribution in [0.2, 0.25) is 0 Å². The fourth-order valence-corrected chi connectivity index (χ4v) is 2.68. The van der Waals surface area contributed by atoms with Crippen molar-refractivity contribution in [1.82, 2.24) is 0 Å². The molecule has 82 valence electrons. The van der Waals surface area contributed by atoms with E-state index in [4.69, 9.17) is 0 Å². The lowest BCUT2D eigenvalue weighted by Gasteiger charge is -2.22. The molecule has 0 radical (unpaired) electrons. The van der Waals surface area contributed by atoms with E-state index < -0.39 is 0 Å². The van der Waals surface area contributed by atoms with E-state index in [9.17, 15) is 0 Å². The van der Waals surface area contributed by atoms with Crippen LogP contribution >= 0.6 is 15.9 Å². The first kappa shape index (κ1) is 11.0. The van der Waals surface area contributed by atoms with E-state index >= 15 is 0 Å². The van der Waals surface area contributed by atoms with Crippen molar-refractivity contribution >= 4 is 21.6 Å². The highest BCUT2D eigenvalue weighted by Gasteiger charge is 2.12. The predicted molar refractivity (Wildman–Crippen MR) is 69.2 cm³/mol. The molecule has 1 aromatic rings. The number of nitrogens with one attached hydrogen (secondary N) is 1. The number of hydrogen-bond donors (Lipinski definition) is 1. The standard InChI is InChI=1S/C13H18BrN/c14-12-8-4-5-9-13(12)15-10-11-6-2-1-3-7-11/h4-5,8-9,11,15H,1-3,6-7,10H2. The largest absolute Gasteiger partial charge is 0.384 e. The maximum absolute atomic E-state index is 3.56. The zero-order chi connectivity index (χ0) is 10.5. The molecule has 1 saturated carbocycles. The van der Waals surface area contributed by atoms with Gasteiger partial charge in [0.05, 0.1) is 0 Å². The lowest BCUT2D eigenvalue weighted by molar-refractivity contribution is 0.373. The maximum atomic E-state index is 3.56. The average molecular weight is 268 g/mol. The molecule has 1 fully saturated rings. The van der Waals surface area contributed by atoms with Gasteiger partial charge in [0.25, 0.3) is 0 Å². The third-order valence-corrected chi connectivity index (χ3v) is 3.87. The van der Waals surface area contributed by atoms with Crippen LogP contribution in [0.15, 0.2) is 28.7 Å². The second-order valence-electron chi connectivity index (χ2n) is 4.36. The molecular weight excluding hydrogens is 250 g/mol. The zero-order valence-electron chi connectivity index (χ0n) is 9.01. The molecule has 1 N–H and O–H groups in total. The van der Waals surface area contributed by atoms with Gasteiger partial charge in [0, 0.05) is 16.7 Å². The Kier molecular flexibility index (Phi) is 4.07. The molecule has 2 heteroatoms. The second kappa shape index (κ2) is 5.55. The molecule has 0 aliphatic heterocycles. The van der Waals surface area contributed by atoms with Crippen LogP contribution in [-0.2, 0) is 0 Å². The molecule has 0 saturated heterocycles. The normalized spacial score (nSPS) is 17.7. The van der Waals surface area contributed by atoms with Gasteiger partial charge in [0.15, 0.2) is 0 Å². The van der Waals surface area contributed by atoms with Crippen molar-refractivity contribution in [3.8, 4) is 0 Å². The third kappa shape index (κ3) is 3.23. The Labute approximate surface area is 100 Å². The summed E-state index contributed by atoms with van der Waals surface area (Å²) in [6, 6.07) is 8.35. The summed E-state index contributed by atoms with van der Waals surface area (Å²) in [5.74, 6) is 0.880. The topological polar surface area (TPSA) is 12.0 Å². The van der Waals surface area contributed by atoms with E-state index in [0.717, 1.165) is 12.5 Å². The first-order valence-corrected chi connectivity index (χ1v) is 6.64. The molecule has 0 amide bonds. The summed E-state index contributed by atoms with van der Waals surface area (Å²) in [5, 5.41) is 3.54. The minimum absolute atomic E-state index is 0.880. The molecular formula is C13H18BrN. The van der Waals surface area contributed by atoms with Gasteiger partial charge in [-0.15, -0.1) is 0 Å². The van der Waals surface area contributed by atoms with Gasteiger partial charge in [-0.2, -0.15) is 0 Å². The Balaban J connectivity index is 1.84. The minimum Gasteiger partial charge on any atom is -0.384 e. The number of rotatable bonds is 3. The van der Waals surface area contributed by atoms with Crippen molar-refractivity contribution in [2.75, 3.05) is 11.9 Å². The van der Waals surface area contributed by atoms with Crippen molar-refractivity contribution in [3.05, 3.63) is 28.7 Å². The Hall–Kier alpha value is -0.500. The predicted octanol–water partition coefficient (Wildman–Crippen LogP) is 4.44. The quantitative estimate of drug-likeness (QED) is 0.854. The highest BCUT2D eigenvalue weighted by molar-refractivity contribution is 9.10. The molecule has 1 aromatic carbocycles. The van der Waals surface area contributed by atoms with Crippen molar-refractivity contribution in [3.63, 3.8) is 0 Å². The Morgan fingerprint density at radius 1 is 1.13 bits per heavy atom. The van der Waals surface area contributed by atoms with Crippen LogP contribution in [0.3, 0.4) is 0 Å². The van der Waals surface area contributed by atoms with Crippen molar-refractivity contribution in [2.45, 2.75) is 32.1 Å². The van der Waals surface area contributed by atoms with E-state index in [0.29, 0.717) is 0 Å². The summed E-state index contributed by atoms with van der Waals surface area (Å²) < 4.78 is 1.17. The van der Waals surface area contributed by atoms with E-state index in [1.54, 1.807) is 0 Å². The molecule has 15 heavy (non-hydrogen) atoms. The fourth-order valence-electron chi connectivity index (χ4n) is 2.25. The maximum Gasteiger partial charge on any atom is 0.0484 e. The highest BCUT2D eigenvalue weighted by Crippen LogP contribution is 2.26. The fraction of sp³-hybridized carbons (Fsp3) is 0.538. The van der Waals surface area contributed by atoms with Gasteiger partial charge in [-0.1, -0.05) is 31.4 Å². The summed E-state index contributed by atoms with van der Waals surface area (Å²) >= 11 is 3.56. The monoisotopic (exact) mass is 267 g/mol. The lowest BCUT2D eigenvalue weighted by Crippen LogP contribution is -2.17. The van der Waals surface area contributed by atoms with Crippen LogP contribution in [-0.4, -0.2) is 6.54 Å². The summed E-state index contributed by atoms with van der Waals surface area (Å²) in [7, 11) is 0. The van der Waals surface area contributed by atoms with Crippen molar-refractivity contribution in [2.24, 2.45) is 5.92 Å².